The molecule has 0 bridgehead atoms. The van der Waals surface area contributed by atoms with E-state index in [9.17, 15) is 4.79 Å². The summed E-state index contributed by atoms with van der Waals surface area (Å²) in [5.41, 5.74) is 0. The quantitative estimate of drug-likeness (QED) is 0.628. The molecule has 7 nitrogen and oxygen atoms in total. The van der Waals surface area contributed by atoms with Crippen molar-refractivity contribution in [3.63, 3.8) is 0 Å². The van der Waals surface area contributed by atoms with Gasteiger partial charge < -0.3 is 15.1 Å². The van der Waals surface area contributed by atoms with E-state index in [4.69, 9.17) is 10.2 Å². The summed E-state index contributed by atoms with van der Waals surface area (Å²) in [5.74, 6) is -0.200. The average molecular weight is 228 g/mol. The first-order chi connectivity index (χ1) is 7.70. The number of aliphatic hydroxyl groups is 2. The maximum absolute atomic E-state index is 11.9. The molecule has 1 atom stereocenters. The van der Waals surface area contributed by atoms with E-state index in [1.54, 1.807) is 6.92 Å². The molecule has 16 heavy (non-hydrogen) atoms. The van der Waals surface area contributed by atoms with Gasteiger partial charge in [0.2, 0.25) is 5.91 Å². The summed E-state index contributed by atoms with van der Waals surface area (Å²) in [6.45, 7) is 1.85. The number of hydrogen-bond acceptors (Lipinski definition) is 5. The van der Waals surface area contributed by atoms with Crippen molar-refractivity contribution >= 4 is 5.91 Å². The second kappa shape index (κ2) is 6.19. The maximum Gasteiger partial charge on any atom is 0.247 e. The van der Waals surface area contributed by atoms with Gasteiger partial charge in [-0.2, -0.15) is 5.10 Å². The minimum atomic E-state index is -0.486. The highest BCUT2D eigenvalue weighted by molar-refractivity contribution is 5.79. The molecule has 0 saturated carbocycles. The first kappa shape index (κ1) is 12.6. The van der Waals surface area contributed by atoms with E-state index in [-0.39, 0.29) is 32.2 Å². The zero-order chi connectivity index (χ0) is 12.0. The van der Waals surface area contributed by atoms with Gasteiger partial charge in [-0.05, 0) is 6.92 Å². The molecule has 0 aliphatic heterocycles. The predicted octanol–water partition coefficient (Wildman–Crippen LogP) is -1.35. The van der Waals surface area contributed by atoms with Crippen LogP contribution >= 0.6 is 0 Å². The molecule has 0 fully saturated rings. The van der Waals surface area contributed by atoms with Crippen molar-refractivity contribution in [1.82, 2.24) is 19.7 Å². The number of hydrogen-bond donors (Lipinski definition) is 2. The predicted molar refractivity (Wildman–Crippen MR) is 55.5 cm³/mol. The number of amides is 1. The second-order valence-corrected chi connectivity index (χ2v) is 3.32. The van der Waals surface area contributed by atoms with E-state index in [2.05, 4.69) is 10.1 Å². The van der Waals surface area contributed by atoms with Crippen LogP contribution in [0.4, 0.5) is 0 Å². The smallest absolute Gasteiger partial charge is 0.247 e. The summed E-state index contributed by atoms with van der Waals surface area (Å²) in [7, 11) is 0. The van der Waals surface area contributed by atoms with Crippen LogP contribution in [0.5, 0.6) is 0 Å². The Bertz CT molecular complexity index is 309. The fraction of sp³-hybridized carbons (Fsp3) is 0.667. The Kier molecular flexibility index (Phi) is 4.87. The standard InChI is InChI=1S/C9H16N4O3/c1-8(13-7-10-6-11-13)9(16)12(2-4-14)3-5-15/h6-8,14-15H,2-5H2,1H3. The molecule has 0 radical (unpaired) electrons. The summed E-state index contributed by atoms with van der Waals surface area (Å²) in [4.78, 5) is 17.1. The van der Waals surface area contributed by atoms with Crippen LogP contribution in [-0.4, -0.2) is 62.1 Å². The lowest BCUT2D eigenvalue weighted by molar-refractivity contribution is -0.135. The largest absolute Gasteiger partial charge is 0.395 e. The van der Waals surface area contributed by atoms with Gasteiger partial charge in [0.25, 0.3) is 0 Å². The molecule has 0 aromatic carbocycles. The Morgan fingerprint density at radius 1 is 1.44 bits per heavy atom. The van der Waals surface area contributed by atoms with Crippen molar-refractivity contribution in [3.8, 4) is 0 Å². The van der Waals surface area contributed by atoms with Gasteiger partial charge in [0.15, 0.2) is 0 Å². The molecule has 1 rings (SSSR count). The Morgan fingerprint density at radius 3 is 2.50 bits per heavy atom. The van der Waals surface area contributed by atoms with Crippen LogP contribution < -0.4 is 0 Å². The fourth-order valence-corrected chi connectivity index (χ4v) is 1.37. The van der Waals surface area contributed by atoms with Gasteiger partial charge in [0.05, 0.1) is 13.2 Å². The molecule has 1 unspecified atom stereocenters. The SMILES string of the molecule is CC(C(=O)N(CCO)CCO)n1cncn1. The van der Waals surface area contributed by atoms with Crippen molar-refractivity contribution in [2.45, 2.75) is 13.0 Å². The number of aliphatic hydroxyl groups excluding tert-OH is 2. The molecule has 7 heteroatoms. The van der Waals surface area contributed by atoms with Crippen LogP contribution in [0.1, 0.15) is 13.0 Å². The van der Waals surface area contributed by atoms with Gasteiger partial charge in [0.1, 0.15) is 18.7 Å². The van der Waals surface area contributed by atoms with E-state index in [1.807, 2.05) is 0 Å². The van der Waals surface area contributed by atoms with E-state index in [0.29, 0.717) is 0 Å². The fourth-order valence-electron chi connectivity index (χ4n) is 1.37. The normalized spacial score (nSPS) is 12.4. The van der Waals surface area contributed by atoms with Crippen molar-refractivity contribution < 1.29 is 15.0 Å². The molecule has 1 amide bonds. The number of nitrogens with zero attached hydrogens (tertiary/aromatic N) is 4. The van der Waals surface area contributed by atoms with Crippen molar-refractivity contribution in [1.29, 1.82) is 0 Å². The topological polar surface area (TPSA) is 91.5 Å². The lowest BCUT2D eigenvalue weighted by atomic mass is 10.3. The number of rotatable bonds is 6. The summed E-state index contributed by atoms with van der Waals surface area (Å²) < 4.78 is 1.43. The van der Waals surface area contributed by atoms with E-state index >= 15 is 0 Å². The molecule has 0 aliphatic carbocycles. The van der Waals surface area contributed by atoms with Crippen LogP contribution in [0.3, 0.4) is 0 Å². The van der Waals surface area contributed by atoms with Crippen LogP contribution in [0.15, 0.2) is 12.7 Å². The van der Waals surface area contributed by atoms with Crippen molar-refractivity contribution in [3.05, 3.63) is 12.7 Å². The summed E-state index contributed by atoms with van der Waals surface area (Å²) >= 11 is 0. The first-order valence-electron chi connectivity index (χ1n) is 5.05. The highest BCUT2D eigenvalue weighted by Gasteiger charge is 2.21. The molecule has 0 saturated heterocycles. The van der Waals surface area contributed by atoms with Gasteiger partial charge in [-0.1, -0.05) is 0 Å². The first-order valence-corrected chi connectivity index (χ1v) is 5.05. The number of aromatic nitrogens is 3. The molecule has 0 aliphatic rings. The van der Waals surface area contributed by atoms with E-state index in [0.717, 1.165) is 0 Å². The molecular formula is C9H16N4O3. The third kappa shape index (κ3) is 3.01. The van der Waals surface area contributed by atoms with Gasteiger partial charge in [-0.15, -0.1) is 0 Å². The lowest BCUT2D eigenvalue weighted by Gasteiger charge is -2.24. The zero-order valence-corrected chi connectivity index (χ0v) is 9.15. The molecule has 90 valence electrons. The third-order valence-electron chi connectivity index (χ3n) is 2.24. The zero-order valence-electron chi connectivity index (χ0n) is 9.15. The number of carbonyl (C=O) groups excluding carboxylic acids is 1. The van der Waals surface area contributed by atoms with Crippen LogP contribution in [0, 0.1) is 0 Å². The average Bonchev–Trinajstić information content (AvgIpc) is 2.80. The Balaban J connectivity index is 2.66. The van der Waals surface area contributed by atoms with Crippen LogP contribution in [-0.2, 0) is 4.79 Å². The highest BCUT2D eigenvalue weighted by Crippen LogP contribution is 2.07. The second-order valence-electron chi connectivity index (χ2n) is 3.32. The van der Waals surface area contributed by atoms with Gasteiger partial charge in [-0.3, -0.25) is 4.79 Å². The highest BCUT2D eigenvalue weighted by atomic mass is 16.3. The number of carbonyl (C=O) groups is 1. The molecule has 2 N–H and O–H groups in total. The maximum atomic E-state index is 11.9. The Morgan fingerprint density at radius 2 is 2.06 bits per heavy atom. The minimum Gasteiger partial charge on any atom is -0.395 e. The van der Waals surface area contributed by atoms with E-state index in [1.165, 1.54) is 22.2 Å². The summed E-state index contributed by atoms with van der Waals surface area (Å²) in [6.07, 6.45) is 2.81. The monoisotopic (exact) mass is 228 g/mol. The van der Waals surface area contributed by atoms with Gasteiger partial charge in [0, 0.05) is 13.1 Å². The van der Waals surface area contributed by atoms with E-state index < -0.39 is 6.04 Å². The van der Waals surface area contributed by atoms with Crippen molar-refractivity contribution in [2.24, 2.45) is 0 Å². The van der Waals surface area contributed by atoms with Crippen molar-refractivity contribution in [2.75, 3.05) is 26.3 Å². The molecule has 1 heterocycles. The molecular weight excluding hydrogens is 212 g/mol. The summed E-state index contributed by atoms with van der Waals surface area (Å²) in [5, 5.41) is 21.5. The lowest BCUT2D eigenvalue weighted by Crippen LogP contribution is -2.40. The Labute approximate surface area is 93.3 Å². The minimum absolute atomic E-state index is 0.129. The summed E-state index contributed by atoms with van der Waals surface area (Å²) in [6, 6.07) is -0.486. The molecule has 0 spiro atoms. The van der Waals surface area contributed by atoms with Gasteiger partial charge >= 0.3 is 0 Å². The Hall–Kier alpha value is -1.47. The third-order valence-corrected chi connectivity index (χ3v) is 2.24. The van der Waals surface area contributed by atoms with Crippen LogP contribution in [0.25, 0.3) is 0 Å². The van der Waals surface area contributed by atoms with Gasteiger partial charge in [-0.25, -0.2) is 9.67 Å². The molecule has 1 aromatic rings. The molecule has 1 aromatic heterocycles. The van der Waals surface area contributed by atoms with Crippen LogP contribution in [0.2, 0.25) is 0 Å².